The van der Waals surface area contributed by atoms with Crippen LogP contribution in [0.3, 0.4) is 0 Å². The molecular weight excluding hydrogens is 428 g/mol. The molecule has 3 heteroatoms. The summed E-state index contributed by atoms with van der Waals surface area (Å²) in [5.41, 5.74) is 8.91. The summed E-state index contributed by atoms with van der Waals surface area (Å²) in [6, 6.07) is 35.4. The molecule has 0 N–H and O–H groups in total. The van der Waals surface area contributed by atoms with E-state index in [1.54, 1.807) is 0 Å². The minimum absolute atomic E-state index is 0.0778. The maximum Gasteiger partial charge on any atom is 0.255 e. The van der Waals surface area contributed by atoms with Gasteiger partial charge in [-0.3, -0.25) is 4.79 Å². The van der Waals surface area contributed by atoms with Crippen LogP contribution in [-0.4, -0.2) is 15.4 Å². The fourth-order valence-electron chi connectivity index (χ4n) is 5.68. The van der Waals surface area contributed by atoms with Crippen LogP contribution in [0.5, 0.6) is 0 Å². The minimum Gasteiger partial charge on any atom is -0.343 e. The summed E-state index contributed by atoms with van der Waals surface area (Å²) in [6.07, 6.45) is 0. The lowest BCUT2D eigenvalue weighted by atomic mass is 9.92. The lowest BCUT2D eigenvalue weighted by molar-refractivity contribution is 0.0678. The fraction of sp³-hybridized carbons (Fsp3) is 0.156. The first-order chi connectivity index (χ1) is 17.1. The molecule has 0 spiro atoms. The Morgan fingerprint density at radius 2 is 1.43 bits per heavy atom. The van der Waals surface area contributed by atoms with Crippen LogP contribution in [0.1, 0.15) is 51.6 Å². The Morgan fingerprint density at radius 1 is 0.771 bits per heavy atom. The molecule has 3 nitrogen and oxygen atoms in total. The fourth-order valence-corrected chi connectivity index (χ4v) is 5.68. The van der Waals surface area contributed by atoms with Gasteiger partial charge in [-0.25, -0.2) is 0 Å². The third-order valence-electron chi connectivity index (χ3n) is 7.44. The summed E-state index contributed by atoms with van der Waals surface area (Å²) in [5, 5.41) is 1.19. The topological polar surface area (TPSA) is 25.2 Å². The highest BCUT2D eigenvalue weighted by Gasteiger charge is 2.43. The molecule has 1 aliphatic rings. The number of benzene rings is 4. The summed E-state index contributed by atoms with van der Waals surface area (Å²) in [6.45, 7) is 4.25. The van der Waals surface area contributed by atoms with Crippen molar-refractivity contribution in [1.29, 1.82) is 0 Å². The molecule has 4 aromatic carbocycles. The Balaban J connectivity index is 1.66. The van der Waals surface area contributed by atoms with Gasteiger partial charge < -0.3 is 9.47 Å². The zero-order chi connectivity index (χ0) is 24.1. The van der Waals surface area contributed by atoms with Crippen molar-refractivity contribution in [3.8, 4) is 11.3 Å². The number of carbonyl (C=O) groups excluding carboxylic acids is 1. The molecule has 0 radical (unpaired) electrons. The van der Waals surface area contributed by atoms with Gasteiger partial charge in [0.15, 0.2) is 0 Å². The van der Waals surface area contributed by atoms with Gasteiger partial charge in [0.05, 0.1) is 17.8 Å². The number of hydrogen-bond donors (Lipinski definition) is 0. The van der Waals surface area contributed by atoms with Crippen molar-refractivity contribution in [2.75, 3.05) is 0 Å². The Kier molecular flexibility index (Phi) is 5.07. The second-order valence-electron chi connectivity index (χ2n) is 9.49. The molecule has 1 aliphatic heterocycles. The van der Waals surface area contributed by atoms with E-state index in [4.69, 9.17) is 0 Å². The predicted molar refractivity (Wildman–Crippen MR) is 142 cm³/mol. The number of aryl methyl sites for hydroxylation is 2. The largest absolute Gasteiger partial charge is 0.343 e. The van der Waals surface area contributed by atoms with Crippen LogP contribution in [0.25, 0.3) is 22.2 Å². The first kappa shape index (κ1) is 21.4. The number of para-hydroxylation sites is 1. The number of rotatable bonds is 4. The zero-order valence-corrected chi connectivity index (χ0v) is 20.3. The highest BCUT2D eigenvalue weighted by Crippen LogP contribution is 2.49. The van der Waals surface area contributed by atoms with Crippen molar-refractivity contribution in [3.63, 3.8) is 0 Å². The standard InChI is InChI=1S/C32H28N2O/c1-21-17-19-24(20-18-21)30-29(27-15-9-10-16-28(27)33(30)3)31-25-13-7-8-14-26(25)32(35)34(31)22(2)23-11-5-4-6-12-23/h4-20,22,31H,1-3H3/t22-,31-/m0/s1. The summed E-state index contributed by atoms with van der Waals surface area (Å²) in [5.74, 6) is 0.0877. The number of fused-ring (bicyclic) bond motifs is 2. The van der Waals surface area contributed by atoms with Crippen LogP contribution >= 0.6 is 0 Å². The number of hydrogen-bond acceptors (Lipinski definition) is 1. The van der Waals surface area contributed by atoms with Gasteiger partial charge in [-0.2, -0.15) is 0 Å². The summed E-state index contributed by atoms with van der Waals surface area (Å²) in [7, 11) is 2.13. The molecule has 0 aliphatic carbocycles. The van der Waals surface area contributed by atoms with Crippen molar-refractivity contribution in [3.05, 3.63) is 131 Å². The maximum absolute atomic E-state index is 13.9. The Labute approximate surface area is 206 Å². The first-order valence-corrected chi connectivity index (χ1v) is 12.2. The van der Waals surface area contributed by atoms with E-state index in [1.165, 1.54) is 22.0 Å². The highest BCUT2D eigenvalue weighted by atomic mass is 16.2. The molecule has 0 unspecified atom stereocenters. The van der Waals surface area contributed by atoms with Gasteiger partial charge in [0, 0.05) is 29.1 Å². The quantitative estimate of drug-likeness (QED) is 0.275. The number of nitrogens with zero attached hydrogens (tertiary/aromatic N) is 2. The third-order valence-corrected chi connectivity index (χ3v) is 7.44. The second kappa shape index (κ2) is 8.28. The van der Waals surface area contributed by atoms with Crippen molar-refractivity contribution in [2.24, 2.45) is 7.05 Å². The Hall–Kier alpha value is -4.11. The van der Waals surface area contributed by atoms with Gasteiger partial charge >= 0.3 is 0 Å². The zero-order valence-electron chi connectivity index (χ0n) is 20.3. The SMILES string of the molecule is Cc1ccc(-c2c([C@@H]3c4ccccc4C(=O)N3[C@@H](C)c3ccccc3)c3ccccc3n2C)cc1. The normalized spacial score (nSPS) is 16.0. The van der Waals surface area contributed by atoms with E-state index in [2.05, 4.69) is 97.1 Å². The second-order valence-corrected chi connectivity index (χ2v) is 9.49. The molecule has 1 aromatic heterocycles. The van der Waals surface area contributed by atoms with E-state index in [0.29, 0.717) is 0 Å². The molecule has 0 saturated heterocycles. The molecule has 6 rings (SSSR count). The predicted octanol–water partition coefficient (Wildman–Crippen LogP) is 7.46. The summed E-state index contributed by atoms with van der Waals surface area (Å²) < 4.78 is 2.28. The molecule has 0 fully saturated rings. The van der Waals surface area contributed by atoms with E-state index in [0.717, 1.165) is 27.9 Å². The van der Waals surface area contributed by atoms with Crippen molar-refractivity contribution in [1.82, 2.24) is 9.47 Å². The molecule has 0 saturated carbocycles. The van der Waals surface area contributed by atoms with E-state index in [1.807, 2.05) is 36.4 Å². The molecule has 35 heavy (non-hydrogen) atoms. The molecule has 2 heterocycles. The van der Waals surface area contributed by atoms with Crippen LogP contribution < -0.4 is 0 Å². The lowest BCUT2D eigenvalue weighted by Crippen LogP contribution is -2.31. The van der Waals surface area contributed by atoms with Gasteiger partial charge in [0.2, 0.25) is 0 Å². The number of carbonyl (C=O) groups is 1. The average molecular weight is 457 g/mol. The maximum atomic E-state index is 13.9. The summed E-state index contributed by atoms with van der Waals surface area (Å²) >= 11 is 0. The highest BCUT2D eigenvalue weighted by molar-refractivity contribution is 6.02. The average Bonchev–Trinajstić information content (AvgIpc) is 3.35. The van der Waals surface area contributed by atoms with Crippen LogP contribution in [0.4, 0.5) is 0 Å². The number of aromatic nitrogens is 1. The van der Waals surface area contributed by atoms with Gasteiger partial charge in [0.1, 0.15) is 0 Å². The number of amides is 1. The third kappa shape index (κ3) is 3.30. The lowest BCUT2D eigenvalue weighted by Gasteiger charge is -2.32. The minimum atomic E-state index is -0.184. The van der Waals surface area contributed by atoms with E-state index in [-0.39, 0.29) is 18.0 Å². The van der Waals surface area contributed by atoms with Crippen LogP contribution in [0.2, 0.25) is 0 Å². The van der Waals surface area contributed by atoms with E-state index < -0.39 is 0 Å². The monoisotopic (exact) mass is 456 g/mol. The van der Waals surface area contributed by atoms with Crippen LogP contribution in [0.15, 0.2) is 103 Å². The van der Waals surface area contributed by atoms with Crippen LogP contribution in [-0.2, 0) is 7.05 Å². The smallest absolute Gasteiger partial charge is 0.255 e. The molecule has 1 amide bonds. The van der Waals surface area contributed by atoms with Crippen molar-refractivity contribution in [2.45, 2.75) is 25.9 Å². The van der Waals surface area contributed by atoms with Gasteiger partial charge in [-0.05, 0) is 42.7 Å². The van der Waals surface area contributed by atoms with Crippen molar-refractivity contribution < 1.29 is 4.79 Å². The van der Waals surface area contributed by atoms with E-state index >= 15 is 0 Å². The first-order valence-electron chi connectivity index (χ1n) is 12.2. The Bertz CT molecular complexity index is 1550. The van der Waals surface area contributed by atoms with Gasteiger partial charge in [0.25, 0.3) is 5.91 Å². The van der Waals surface area contributed by atoms with Crippen molar-refractivity contribution >= 4 is 16.8 Å². The molecule has 172 valence electrons. The van der Waals surface area contributed by atoms with E-state index in [9.17, 15) is 4.79 Å². The van der Waals surface area contributed by atoms with Gasteiger partial charge in [-0.1, -0.05) is 96.6 Å². The Morgan fingerprint density at radius 3 is 2.20 bits per heavy atom. The summed E-state index contributed by atoms with van der Waals surface area (Å²) in [4.78, 5) is 16.0. The van der Waals surface area contributed by atoms with Crippen LogP contribution in [0, 0.1) is 6.92 Å². The molecular formula is C32H28N2O. The molecule has 5 aromatic rings. The molecule has 2 atom stereocenters. The van der Waals surface area contributed by atoms with Gasteiger partial charge in [-0.15, -0.1) is 0 Å². The molecule has 0 bridgehead atoms.